The van der Waals surface area contributed by atoms with Crippen molar-refractivity contribution in [1.82, 2.24) is 9.13 Å². The van der Waals surface area contributed by atoms with Crippen LogP contribution in [0.15, 0.2) is 114 Å². The summed E-state index contributed by atoms with van der Waals surface area (Å²) in [6, 6.07) is 42.1. The molecule has 8 aromatic carbocycles. The minimum Gasteiger partial charge on any atom is -0.263 e. The van der Waals surface area contributed by atoms with E-state index in [0.29, 0.717) is 29.6 Å². The van der Waals surface area contributed by atoms with E-state index < -0.39 is 0 Å². The average molecular weight is 849 g/mol. The molecule has 2 unspecified atom stereocenters. The molecule has 0 amide bonds. The molecule has 0 radical (unpaired) electrons. The summed E-state index contributed by atoms with van der Waals surface area (Å²) in [5.41, 5.74) is 15.8. The van der Waals surface area contributed by atoms with Crippen LogP contribution in [0.3, 0.4) is 0 Å². The minimum absolute atomic E-state index is 0.00641. The Balaban J connectivity index is 1.17. The molecule has 15 rings (SSSR count). The SMILES string of the molecule is CC(C)c1cc(C(C)C)c(B2c3cc4c(cc3-n3c(=O)n5c6cc7c8ccccc8c8ccccc8c7cc6sc6ccc7ccc2c3c7c6-5)C2CC3CC(CC4C3)C2)c(C(C)C)c1. The van der Waals surface area contributed by atoms with E-state index in [-0.39, 0.29) is 12.4 Å². The highest BCUT2D eigenvalue weighted by atomic mass is 32.1. The Morgan fingerprint density at radius 1 is 0.562 bits per heavy atom. The number of benzene rings is 8. The summed E-state index contributed by atoms with van der Waals surface area (Å²) in [5.74, 6) is 3.92. The van der Waals surface area contributed by atoms with E-state index in [1.54, 1.807) is 5.56 Å². The fraction of sp³-hybridized carbons (Fsp3) is 0.305. The van der Waals surface area contributed by atoms with Crippen LogP contribution >= 0.6 is 11.3 Å². The van der Waals surface area contributed by atoms with Crippen LogP contribution in [-0.4, -0.2) is 15.8 Å². The highest BCUT2D eigenvalue weighted by Crippen LogP contribution is 2.56. The smallest absolute Gasteiger partial charge is 0.263 e. The maximum absolute atomic E-state index is 16.4. The molecule has 0 N–H and O–H groups in total. The fourth-order valence-corrected chi connectivity index (χ4v) is 15.2. The van der Waals surface area contributed by atoms with Crippen LogP contribution in [0.4, 0.5) is 0 Å². The molecular formula is C59H53BN2OS. The van der Waals surface area contributed by atoms with Crippen molar-refractivity contribution in [3.05, 3.63) is 147 Å². The molecule has 2 fully saturated rings. The van der Waals surface area contributed by atoms with Crippen LogP contribution in [0.2, 0.25) is 0 Å². The molecule has 8 aromatic rings. The summed E-state index contributed by atoms with van der Waals surface area (Å²) >= 11 is 1.83. The predicted molar refractivity (Wildman–Crippen MR) is 274 cm³/mol. The molecular weight excluding hydrogens is 796 g/mol. The quantitative estimate of drug-likeness (QED) is 0.0985. The van der Waals surface area contributed by atoms with Gasteiger partial charge in [-0.3, -0.25) is 9.13 Å². The number of fused-ring (bicyclic) bond motifs is 10. The van der Waals surface area contributed by atoms with E-state index in [2.05, 4.69) is 160 Å². The summed E-state index contributed by atoms with van der Waals surface area (Å²) in [7, 11) is 0. The third-order valence-corrected chi connectivity index (χ3v) is 17.9. The maximum atomic E-state index is 16.4. The summed E-state index contributed by atoms with van der Waals surface area (Å²) in [5, 5.41) is 9.82. The predicted octanol–water partition coefficient (Wildman–Crippen LogP) is 13.6. The summed E-state index contributed by atoms with van der Waals surface area (Å²) in [6.07, 6.45) is 6.62. The molecule has 64 heavy (non-hydrogen) atoms. The van der Waals surface area contributed by atoms with E-state index in [9.17, 15) is 0 Å². The lowest BCUT2D eigenvalue weighted by Crippen LogP contribution is -2.60. The molecule has 3 aliphatic heterocycles. The van der Waals surface area contributed by atoms with Crippen LogP contribution in [0.5, 0.6) is 0 Å². The third-order valence-electron chi connectivity index (χ3n) is 16.8. The second kappa shape index (κ2) is 13.2. The van der Waals surface area contributed by atoms with E-state index in [4.69, 9.17) is 0 Å². The van der Waals surface area contributed by atoms with Crippen LogP contribution in [0.25, 0.3) is 74.9 Å². The number of rotatable bonds is 4. The summed E-state index contributed by atoms with van der Waals surface area (Å²) in [6.45, 7) is 14.2. The molecule has 2 saturated carbocycles. The van der Waals surface area contributed by atoms with Gasteiger partial charge in [-0.2, -0.15) is 0 Å². The van der Waals surface area contributed by atoms with Crippen molar-refractivity contribution in [2.45, 2.75) is 103 Å². The van der Waals surface area contributed by atoms with Crippen LogP contribution in [0.1, 0.15) is 131 Å². The normalized spacial score (nSPS) is 20.2. The molecule has 0 aromatic heterocycles. The number of hydrogen-bond donors (Lipinski definition) is 0. The van der Waals surface area contributed by atoms with E-state index in [1.165, 1.54) is 114 Å². The topological polar surface area (TPSA) is 26.9 Å². The maximum Gasteiger partial charge on any atom is 0.338 e. The van der Waals surface area contributed by atoms with Gasteiger partial charge in [0.15, 0.2) is 0 Å². The Kier molecular flexibility index (Phi) is 7.79. The average Bonchev–Trinajstić information content (AvgIpc) is 3.46. The zero-order chi connectivity index (χ0) is 43.0. The van der Waals surface area contributed by atoms with Gasteiger partial charge in [-0.1, -0.05) is 132 Å². The highest BCUT2D eigenvalue weighted by Gasteiger charge is 2.45. The molecule has 5 heteroatoms. The van der Waals surface area contributed by atoms with Crippen LogP contribution < -0.4 is 22.1 Å². The van der Waals surface area contributed by atoms with Gasteiger partial charge in [-0.05, 0) is 174 Å². The van der Waals surface area contributed by atoms with Crippen LogP contribution in [0, 0.1) is 11.8 Å². The lowest BCUT2D eigenvalue weighted by atomic mass is 9.33. The largest absolute Gasteiger partial charge is 0.338 e. The minimum atomic E-state index is 0.00641. The summed E-state index contributed by atoms with van der Waals surface area (Å²) < 4.78 is 6.62. The van der Waals surface area contributed by atoms with Gasteiger partial charge in [0.1, 0.15) is 0 Å². The van der Waals surface area contributed by atoms with Gasteiger partial charge >= 0.3 is 5.69 Å². The second-order valence-electron chi connectivity index (χ2n) is 21.4. The molecule has 314 valence electrons. The molecule has 3 heterocycles. The third kappa shape index (κ3) is 4.97. The van der Waals surface area contributed by atoms with Crippen LogP contribution in [-0.2, 0) is 0 Å². The summed E-state index contributed by atoms with van der Waals surface area (Å²) in [4.78, 5) is 16.4. The Hall–Kier alpha value is -5.65. The first-order valence-corrected chi connectivity index (χ1v) is 25.1. The number of aromatic nitrogens is 2. The molecule has 4 bridgehead atoms. The fourth-order valence-electron chi connectivity index (χ4n) is 14.1. The van der Waals surface area contributed by atoms with E-state index >= 15 is 4.79 Å². The highest BCUT2D eigenvalue weighted by molar-refractivity contribution is 7.24. The lowest BCUT2D eigenvalue weighted by molar-refractivity contribution is 0.166. The Labute approximate surface area is 379 Å². The van der Waals surface area contributed by atoms with Crippen molar-refractivity contribution in [3.63, 3.8) is 0 Å². The van der Waals surface area contributed by atoms with Crippen molar-refractivity contribution in [1.29, 1.82) is 0 Å². The van der Waals surface area contributed by atoms with Gasteiger partial charge in [0.25, 0.3) is 0 Å². The van der Waals surface area contributed by atoms with Crippen molar-refractivity contribution in [3.8, 4) is 11.4 Å². The second-order valence-corrected chi connectivity index (χ2v) is 22.5. The van der Waals surface area contributed by atoms with E-state index in [0.717, 1.165) is 43.6 Å². The van der Waals surface area contributed by atoms with Gasteiger partial charge in [0.2, 0.25) is 6.71 Å². The molecule has 3 nitrogen and oxygen atoms in total. The van der Waals surface area contributed by atoms with Gasteiger partial charge < -0.3 is 0 Å². The molecule has 4 aliphatic carbocycles. The van der Waals surface area contributed by atoms with Crippen molar-refractivity contribution in [2.75, 3.05) is 0 Å². The Morgan fingerprint density at radius 3 is 1.75 bits per heavy atom. The van der Waals surface area contributed by atoms with Gasteiger partial charge in [-0.25, -0.2) is 4.79 Å². The van der Waals surface area contributed by atoms with Crippen molar-refractivity contribution < 1.29 is 0 Å². The monoisotopic (exact) mass is 848 g/mol. The molecule has 0 saturated heterocycles. The van der Waals surface area contributed by atoms with Crippen molar-refractivity contribution in [2.24, 2.45) is 11.8 Å². The first-order chi connectivity index (χ1) is 31.1. The molecule has 0 spiro atoms. The van der Waals surface area contributed by atoms with Crippen molar-refractivity contribution >= 4 is 98.0 Å². The van der Waals surface area contributed by atoms with Gasteiger partial charge in [0, 0.05) is 11.1 Å². The lowest BCUT2D eigenvalue weighted by Gasteiger charge is -2.38. The zero-order valence-corrected chi connectivity index (χ0v) is 38.6. The Morgan fingerprint density at radius 2 is 1.14 bits per heavy atom. The number of nitrogens with zero attached hydrogens (tertiary/aromatic N) is 2. The standard InChI is InChI=1S/C59H53BN2OS/c1-30(2)36-24-43(31(3)4)56(44(25-36)32(5)6)60-49-17-15-35-16-18-53-58-55(35)57(49)61(51-27-46-38-22-33-19-34(23-38)21-37(20-33)45(46)26-50(51)60)59(63)62(58)52-28-47-41-13-9-7-11-39(41)40-12-8-10-14-42(40)48(47)29-54(52)64-53/h7-18,24-34,37-38H,19-23H2,1-6H3. The zero-order valence-electron chi connectivity index (χ0n) is 37.8. The molecule has 2 atom stereocenters. The first kappa shape index (κ1) is 37.7. The van der Waals surface area contributed by atoms with Gasteiger partial charge in [-0.15, -0.1) is 11.3 Å². The Bertz CT molecular complexity index is 3670. The number of hydrogen-bond acceptors (Lipinski definition) is 2. The first-order valence-electron chi connectivity index (χ1n) is 24.3. The van der Waals surface area contributed by atoms with Gasteiger partial charge in [0.05, 0.1) is 26.1 Å². The van der Waals surface area contributed by atoms with E-state index in [1.807, 2.05) is 11.3 Å². The molecule has 7 aliphatic rings.